The van der Waals surface area contributed by atoms with Gasteiger partial charge >= 0.3 is 0 Å². The Hall–Kier alpha value is -1.89. The van der Waals surface area contributed by atoms with Gasteiger partial charge in [-0.25, -0.2) is 9.97 Å². The predicted octanol–water partition coefficient (Wildman–Crippen LogP) is 3.92. The third kappa shape index (κ3) is 2.96. The number of carbonyl (C=O) groups is 1. The van der Waals surface area contributed by atoms with Gasteiger partial charge in [0.05, 0.1) is 11.3 Å². The number of carbonyl (C=O) groups excluding carboxylic acids is 1. The number of aryl methyl sites for hydroxylation is 2. The van der Waals surface area contributed by atoms with Gasteiger partial charge in [-0.2, -0.15) is 0 Å². The van der Waals surface area contributed by atoms with Crippen LogP contribution in [0.2, 0.25) is 0 Å². The van der Waals surface area contributed by atoms with Gasteiger partial charge in [0.2, 0.25) is 5.13 Å². The molecular weight excluding hydrogens is 358 g/mol. The highest BCUT2D eigenvalue weighted by atomic mass is 32.1. The van der Waals surface area contributed by atoms with Crippen LogP contribution in [-0.4, -0.2) is 26.1 Å². The number of amides is 1. The Morgan fingerprint density at radius 3 is 2.48 bits per heavy atom. The maximum absolute atomic E-state index is 12.7. The summed E-state index contributed by atoms with van der Waals surface area (Å²) in [4.78, 5) is 21.3. The number of nitrogens with one attached hydrogen (secondary N) is 1. The van der Waals surface area contributed by atoms with Crippen LogP contribution in [0.15, 0.2) is 6.20 Å². The van der Waals surface area contributed by atoms with Crippen LogP contribution in [0, 0.1) is 24.7 Å². The molecule has 4 saturated carbocycles. The first-order valence-corrected chi connectivity index (χ1v) is 10.8. The molecule has 2 aromatic heterocycles. The van der Waals surface area contributed by atoms with Crippen LogP contribution in [0.4, 0.5) is 5.13 Å². The molecule has 1 amide bonds. The van der Waals surface area contributed by atoms with Crippen LogP contribution in [0.25, 0.3) is 0 Å². The maximum Gasteiger partial charge on any atom is 0.260 e. The number of rotatable bonds is 4. The summed E-state index contributed by atoms with van der Waals surface area (Å²) in [7, 11) is 0. The van der Waals surface area contributed by atoms with E-state index in [2.05, 4.69) is 25.5 Å². The highest BCUT2D eigenvalue weighted by Gasteiger charge is 2.53. The van der Waals surface area contributed by atoms with Gasteiger partial charge in [-0.1, -0.05) is 18.3 Å². The van der Waals surface area contributed by atoms with Crippen molar-refractivity contribution >= 4 is 22.4 Å². The standard InChI is InChI=1S/C20H25N5OS/c1-3-16-15(10-21-11(2)22-16)17(26)23-19-25-24-18(27-19)20-7-12-4-13(8-20)6-14(5-12)9-20/h10,12-14H,3-9H2,1-2H3,(H,23,25,26). The fourth-order valence-electron chi connectivity index (χ4n) is 6.00. The topological polar surface area (TPSA) is 80.7 Å². The molecule has 142 valence electrons. The molecule has 7 heteroatoms. The molecule has 0 saturated heterocycles. The highest BCUT2D eigenvalue weighted by molar-refractivity contribution is 7.15. The summed E-state index contributed by atoms with van der Waals surface area (Å²) in [6, 6.07) is 0. The number of hydrogen-bond acceptors (Lipinski definition) is 6. The molecule has 4 aliphatic rings. The molecule has 0 spiro atoms. The van der Waals surface area contributed by atoms with E-state index in [1.807, 2.05) is 13.8 Å². The molecule has 4 bridgehead atoms. The van der Waals surface area contributed by atoms with E-state index in [0.717, 1.165) is 28.5 Å². The summed E-state index contributed by atoms with van der Waals surface area (Å²) < 4.78 is 0. The van der Waals surface area contributed by atoms with Crippen molar-refractivity contribution in [1.82, 2.24) is 20.2 Å². The van der Waals surface area contributed by atoms with Gasteiger partial charge in [-0.15, -0.1) is 10.2 Å². The third-order valence-corrected chi connectivity index (χ3v) is 7.79. The van der Waals surface area contributed by atoms with Crippen molar-refractivity contribution in [2.24, 2.45) is 17.8 Å². The SMILES string of the molecule is CCc1nc(C)ncc1C(=O)Nc1nnc(C23CC4CC(CC(C4)C2)C3)s1. The normalized spacial score (nSPS) is 31.3. The first kappa shape index (κ1) is 17.2. The molecular formula is C20H25N5OS. The third-order valence-electron chi connectivity index (χ3n) is 6.71. The lowest BCUT2D eigenvalue weighted by atomic mass is 9.50. The molecule has 0 unspecified atom stereocenters. The first-order chi connectivity index (χ1) is 13.0. The summed E-state index contributed by atoms with van der Waals surface area (Å²) in [5.74, 6) is 3.10. The molecule has 4 fully saturated rings. The monoisotopic (exact) mass is 383 g/mol. The number of hydrogen-bond donors (Lipinski definition) is 1. The average Bonchev–Trinajstić information content (AvgIpc) is 3.09. The van der Waals surface area contributed by atoms with Crippen LogP contribution in [0.5, 0.6) is 0 Å². The number of anilines is 1. The van der Waals surface area contributed by atoms with Crippen molar-refractivity contribution in [3.8, 4) is 0 Å². The summed E-state index contributed by atoms with van der Waals surface area (Å²) in [5.41, 5.74) is 1.51. The largest absolute Gasteiger partial charge is 0.296 e. The second-order valence-corrected chi connectivity index (χ2v) is 9.67. The fraction of sp³-hybridized carbons (Fsp3) is 0.650. The quantitative estimate of drug-likeness (QED) is 0.865. The van der Waals surface area contributed by atoms with Crippen molar-refractivity contribution in [1.29, 1.82) is 0 Å². The molecule has 0 aliphatic heterocycles. The summed E-state index contributed by atoms with van der Waals surface area (Å²) in [6.07, 6.45) is 10.3. The van der Waals surface area contributed by atoms with E-state index in [-0.39, 0.29) is 11.3 Å². The van der Waals surface area contributed by atoms with E-state index in [1.54, 1.807) is 17.5 Å². The maximum atomic E-state index is 12.7. The lowest BCUT2D eigenvalue weighted by Crippen LogP contribution is -2.48. The minimum atomic E-state index is -0.194. The van der Waals surface area contributed by atoms with Crippen LogP contribution < -0.4 is 5.32 Å². The van der Waals surface area contributed by atoms with Gasteiger partial charge in [-0.3, -0.25) is 10.1 Å². The van der Waals surface area contributed by atoms with E-state index in [0.29, 0.717) is 22.9 Å². The molecule has 1 N–H and O–H groups in total. The Kier molecular flexibility index (Phi) is 4.04. The van der Waals surface area contributed by atoms with E-state index in [4.69, 9.17) is 0 Å². The average molecular weight is 384 g/mol. The van der Waals surface area contributed by atoms with Crippen molar-refractivity contribution in [3.05, 3.63) is 28.3 Å². The Morgan fingerprint density at radius 2 is 1.85 bits per heavy atom. The summed E-state index contributed by atoms with van der Waals surface area (Å²) in [6.45, 7) is 3.83. The Bertz CT molecular complexity index is 857. The second-order valence-electron chi connectivity index (χ2n) is 8.70. The Balaban J connectivity index is 1.37. The lowest BCUT2D eigenvalue weighted by Gasteiger charge is -2.55. The van der Waals surface area contributed by atoms with Crippen LogP contribution in [0.3, 0.4) is 0 Å². The zero-order valence-electron chi connectivity index (χ0n) is 15.9. The van der Waals surface area contributed by atoms with Crippen molar-refractivity contribution in [2.45, 2.75) is 64.2 Å². The second kappa shape index (κ2) is 6.33. The summed E-state index contributed by atoms with van der Waals surface area (Å²) in [5, 5.41) is 13.5. The van der Waals surface area contributed by atoms with Gasteiger partial charge in [-0.05, 0) is 69.6 Å². The molecule has 0 aromatic carbocycles. The van der Waals surface area contributed by atoms with E-state index in [9.17, 15) is 4.79 Å². The van der Waals surface area contributed by atoms with E-state index >= 15 is 0 Å². The Labute approximate surface area is 163 Å². The van der Waals surface area contributed by atoms with Crippen molar-refractivity contribution in [2.75, 3.05) is 5.32 Å². The van der Waals surface area contributed by atoms with Gasteiger partial charge in [0.25, 0.3) is 5.91 Å². The Morgan fingerprint density at radius 1 is 1.19 bits per heavy atom. The zero-order chi connectivity index (χ0) is 18.6. The van der Waals surface area contributed by atoms with E-state index in [1.165, 1.54) is 38.5 Å². The van der Waals surface area contributed by atoms with Crippen LogP contribution >= 0.6 is 11.3 Å². The lowest BCUT2D eigenvalue weighted by molar-refractivity contribution is -0.00555. The van der Waals surface area contributed by atoms with E-state index < -0.39 is 0 Å². The minimum Gasteiger partial charge on any atom is -0.296 e. The van der Waals surface area contributed by atoms with Crippen LogP contribution in [0.1, 0.15) is 72.3 Å². The fourth-order valence-corrected chi connectivity index (χ4v) is 6.96. The predicted molar refractivity (Wildman–Crippen MR) is 104 cm³/mol. The van der Waals surface area contributed by atoms with Gasteiger partial charge in [0.15, 0.2) is 0 Å². The number of nitrogens with zero attached hydrogens (tertiary/aromatic N) is 4. The van der Waals surface area contributed by atoms with Crippen molar-refractivity contribution < 1.29 is 4.79 Å². The minimum absolute atomic E-state index is 0.194. The van der Waals surface area contributed by atoms with Crippen molar-refractivity contribution in [3.63, 3.8) is 0 Å². The smallest absolute Gasteiger partial charge is 0.260 e. The molecule has 2 heterocycles. The molecule has 0 radical (unpaired) electrons. The molecule has 4 aliphatic carbocycles. The molecule has 0 atom stereocenters. The van der Waals surface area contributed by atoms with Gasteiger partial charge in [0.1, 0.15) is 10.8 Å². The zero-order valence-corrected chi connectivity index (χ0v) is 16.7. The highest BCUT2D eigenvalue weighted by Crippen LogP contribution is 2.61. The molecule has 2 aromatic rings. The van der Waals surface area contributed by atoms with Gasteiger partial charge < -0.3 is 0 Å². The molecule has 6 rings (SSSR count). The first-order valence-electron chi connectivity index (χ1n) is 10.0. The van der Waals surface area contributed by atoms with Crippen LogP contribution in [-0.2, 0) is 11.8 Å². The number of aromatic nitrogens is 4. The molecule has 27 heavy (non-hydrogen) atoms. The summed E-state index contributed by atoms with van der Waals surface area (Å²) >= 11 is 1.57. The van der Waals surface area contributed by atoms with Gasteiger partial charge in [0, 0.05) is 11.6 Å². The molecule has 6 nitrogen and oxygen atoms in total.